The Hall–Kier alpha value is -2.51. The van der Waals surface area contributed by atoms with E-state index in [0.29, 0.717) is 5.76 Å². The quantitative estimate of drug-likeness (QED) is 0.766. The van der Waals surface area contributed by atoms with Gasteiger partial charge in [-0.15, -0.1) is 0 Å². The second-order valence-electron chi connectivity index (χ2n) is 4.08. The Balaban J connectivity index is 2.54. The van der Waals surface area contributed by atoms with E-state index < -0.39 is 18.0 Å². The Morgan fingerprint density at radius 3 is 2.60 bits per heavy atom. The predicted octanol–water partition coefficient (Wildman–Crippen LogP) is 0.601. The number of carbonyl (C=O) groups excluding carboxylic acids is 2. The number of carboxylic acids is 1. The summed E-state index contributed by atoms with van der Waals surface area (Å²) in [5, 5.41) is 11.4. The summed E-state index contributed by atoms with van der Waals surface area (Å²) >= 11 is 0. The number of nitrogens with one attached hydrogen (secondary N) is 1. The molecule has 8 heteroatoms. The monoisotopic (exact) mass is 284 g/mol. The van der Waals surface area contributed by atoms with Crippen LogP contribution >= 0.6 is 0 Å². The number of carboxylic acid groups (broad SMARTS) is 1. The second kappa shape index (κ2) is 6.60. The molecule has 8 nitrogen and oxygen atoms in total. The van der Waals surface area contributed by atoms with Gasteiger partial charge < -0.3 is 24.5 Å². The lowest BCUT2D eigenvalue weighted by Crippen LogP contribution is -2.40. The first-order valence-electron chi connectivity index (χ1n) is 5.73. The molecule has 0 saturated carbocycles. The van der Waals surface area contributed by atoms with E-state index in [-0.39, 0.29) is 24.4 Å². The van der Waals surface area contributed by atoms with Crippen molar-refractivity contribution in [1.29, 1.82) is 0 Å². The normalized spacial score (nSPS) is 9.95. The second-order valence-corrected chi connectivity index (χ2v) is 4.08. The molecular formula is C12H16N2O6. The molecule has 0 unspecified atom stereocenters. The Morgan fingerprint density at radius 1 is 1.45 bits per heavy atom. The smallest absolute Gasteiger partial charge is 0.339 e. The first kappa shape index (κ1) is 15.5. The van der Waals surface area contributed by atoms with Crippen LogP contribution in [0.2, 0.25) is 0 Å². The average molecular weight is 284 g/mol. The van der Waals surface area contributed by atoms with Gasteiger partial charge in [-0.25, -0.2) is 9.59 Å². The predicted molar refractivity (Wildman–Crippen MR) is 67.3 cm³/mol. The summed E-state index contributed by atoms with van der Waals surface area (Å²) in [5.74, 6) is -1.04. The minimum Gasteiger partial charge on any atom is -0.478 e. The summed E-state index contributed by atoms with van der Waals surface area (Å²) < 4.78 is 9.64. The molecule has 110 valence electrons. The number of rotatable bonds is 5. The van der Waals surface area contributed by atoms with Crippen LogP contribution in [0.3, 0.4) is 0 Å². The van der Waals surface area contributed by atoms with Gasteiger partial charge in [-0.05, 0) is 13.0 Å². The molecule has 0 aliphatic carbocycles. The molecule has 20 heavy (non-hydrogen) atoms. The molecule has 1 heterocycles. The van der Waals surface area contributed by atoms with E-state index >= 15 is 0 Å². The lowest BCUT2D eigenvalue weighted by atomic mass is 10.2. The first-order chi connectivity index (χ1) is 9.35. The Kier molecular flexibility index (Phi) is 5.13. The van der Waals surface area contributed by atoms with Crippen LogP contribution in [0.25, 0.3) is 0 Å². The van der Waals surface area contributed by atoms with Gasteiger partial charge in [0.05, 0.1) is 13.7 Å². The van der Waals surface area contributed by atoms with Crippen LogP contribution < -0.4 is 5.32 Å². The highest BCUT2D eigenvalue weighted by atomic mass is 16.5. The standard InChI is InChI=1S/C12H16N2O6/c1-7-9(11(16)17)4-8(20-7)5-13-12(18)14(2)6-10(15)19-3/h4H,5-6H2,1-3H3,(H,13,18)(H,16,17). The molecule has 2 N–H and O–H groups in total. The number of aromatic carboxylic acids is 1. The lowest BCUT2D eigenvalue weighted by molar-refractivity contribution is -0.141. The molecule has 0 aliphatic rings. The SMILES string of the molecule is COC(=O)CN(C)C(=O)NCc1cc(C(=O)O)c(C)o1. The minimum absolute atomic E-state index is 0.0263. The number of furan rings is 1. The lowest BCUT2D eigenvalue weighted by Gasteiger charge is -2.15. The fraction of sp³-hybridized carbons (Fsp3) is 0.417. The van der Waals surface area contributed by atoms with Crippen molar-refractivity contribution in [2.75, 3.05) is 20.7 Å². The van der Waals surface area contributed by atoms with E-state index in [4.69, 9.17) is 9.52 Å². The first-order valence-corrected chi connectivity index (χ1v) is 5.73. The van der Waals surface area contributed by atoms with E-state index in [2.05, 4.69) is 10.1 Å². The summed E-state index contributed by atoms with van der Waals surface area (Å²) in [6.45, 7) is 1.37. The fourth-order valence-electron chi connectivity index (χ4n) is 1.47. The van der Waals surface area contributed by atoms with Crippen molar-refractivity contribution in [3.63, 3.8) is 0 Å². The summed E-state index contributed by atoms with van der Waals surface area (Å²) in [6, 6.07) is 0.847. The fourth-order valence-corrected chi connectivity index (χ4v) is 1.47. The van der Waals surface area contributed by atoms with Gasteiger partial charge in [0.1, 0.15) is 23.6 Å². The number of carbonyl (C=O) groups is 3. The number of hydrogen-bond donors (Lipinski definition) is 2. The van der Waals surface area contributed by atoms with Gasteiger partial charge in [-0.1, -0.05) is 0 Å². The number of aryl methyl sites for hydroxylation is 1. The molecule has 0 spiro atoms. The molecule has 0 fully saturated rings. The van der Waals surface area contributed by atoms with Gasteiger partial charge in [0, 0.05) is 7.05 Å². The molecule has 0 bridgehead atoms. The molecule has 0 radical (unpaired) electrons. The molecule has 2 amide bonds. The van der Waals surface area contributed by atoms with Crippen LogP contribution in [0.5, 0.6) is 0 Å². The van der Waals surface area contributed by atoms with Crippen LogP contribution in [-0.2, 0) is 16.1 Å². The summed E-state index contributed by atoms with van der Waals surface area (Å²) in [5.41, 5.74) is 0.0529. The van der Waals surface area contributed by atoms with Crippen LogP contribution in [0, 0.1) is 6.92 Å². The summed E-state index contributed by atoms with van der Waals surface area (Å²) in [6.07, 6.45) is 0. The Labute approximate surface area is 115 Å². The van der Waals surface area contributed by atoms with Crippen molar-refractivity contribution >= 4 is 18.0 Å². The Morgan fingerprint density at radius 2 is 2.10 bits per heavy atom. The molecular weight excluding hydrogens is 268 g/mol. The maximum absolute atomic E-state index is 11.6. The number of ether oxygens (including phenoxy) is 1. The highest BCUT2D eigenvalue weighted by molar-refractivity contribution is 5.88. The highest BCUT2D eigenvalue weighted by Crippen LogP contribution is 2.14. The van der Waals surface area contributed by atoms with Crippen molar-refractivity contribution in [2.45, 2.75) is 13.5 Å². The maximum Gasteiger partial charge on any atom is 0.339 e. The zero-order valence-corrected chi connectivity index (χ0v) is 11.4. The maximum atomic E-state index is 11.6. The molecule has 1 aromatic rings. The largest absolute Gasteiger partial charge is 0.478 e. The van der Waals surface area contributed by atoms with Crippen molar-refractivity contribution in [3.8, 4) is 0 Å². The van der Waals surface area contributed by atoms with E-state index in [1.54, 1.807) is 0 Å². The van der Waals surface area contributed by atoms with Gasteiger partial charge in [-0.2, -0.15) is 0 Å². The van der Waals surface area contributed by atoms with Gasteiger partial charge >= 0.3 is 18.0 Å². The minimum atomic E-state index is -1.09. The Bertz CT molecular complexity index is 522. The number of esters is 1. The third-order valence-corrected chi connectivity index (χ3v) is 2.55. The van der Waals surface area contributed by atoms with E-state index in [0.717, 1.165) is 4.90 Å². The van der Waals surface area contributed by atoms with Crippen LogP contribution in [-0.4, -0.2) is 48.7 Å². The number of methoxy groups -OCH3 is 1. The molecule has 0 saturated heterocycles. The van der Waals surface area contributed by atoms with Gasteiger partial charge in [0.25, 0.3) is 0 Å². The van der Waals surface area contributed by atoms with Crippen LogP contribution in [0.1, 0.15) is 21.9 Å². The van der Waals surface area contributed by atoms with Crippen molar-refractivity contribution in [2.24, 2.45) is 0 Å². The molecule has 1 aromatic heterocycles. The third kappa shape index (κ3) is 4.01. The average Bonchev–Trinajstić information content (AvgIpc) is 2.77. The number of amides is 2. The van der Waals surface area contributed by atoms with Crippen molar-refractivity contribution in [1.82, 2.24) is 10.2 Å². The summed E-state index contributed by atoms with van der Waals surface area (Å²) in [7, 11) is 2.66. The number of urea groups is 1. The molecule has 0 atom stereocenters. The molecule has 0 aromatic carbocycles. The number of likely N-dealkylation sites (N-methyl/N-ethyl adjacent to an activating group) is 1. The zero-order valence-electron chi connectivity index (χ0n) is 11.4. The van der Waals surface area contributed by atoms with E-state index in [9.17, 15) is 14.4 Å². The van der Waals surface area contributed by atoms with Gasteiger partial charge in [0.2, 0.25) is 0 Å². The molecule has 1 rings (SSSR count). The van der Waals surface area contributed by atoms with Crippen molar-refractivity contribution in [3.05, 3.63) is 23.2 Å². The van der Waals surface area contributed by atoms with Crippen LogP contribution in [0.4, 0.5) is 4.79 Å². The molecule has 0 aliphatic heterocycles. The van der Waals surface area contributed by atoms with E-state index in [1.165, 1.54) is 27.1 Å². The van der Waals surface area contributed by atoms with Gasteiger partial charge in [0.15, 0.2) is 0 Å². The van der Waals surface area contributed by atoms with Crippen molar-refractivity contribution < 1.29 is 28.6 Å². The summed E-state index contributed by atoms with van der Waals surface area (Å²) in [4.78, 5) is 34.6. The van der Waals surface area contributed by atoms with E-state index in [1.807, 2.05) is 0 Å². The highest BCUT2D eigenvalue weighted by Gasteiger charge is 2.16. The third-order valence-electron chi connectivity index (χ3n) is 2.55. The zero-order chi connectivity index (χ0) is 15.3. The topological polar surface area (TPSA) is 109 Å². The van der Waals surface area contributed by atoms with Crippen LogP contribution in [0.15, 0.2) is 10.5 Å². The number of nitrogens with zero attached hydrogens (tertiary/aromatic N) is 1. The number of hydrogen-bond acceptors (Lipinski definition) is 5. The van der Waals surface area contributed by atoms with Gasteiger partial charge in [-0.3, -0.25) is 4.79 Å².